The zero-order chi connectivity index (χ0) is 11.0. The molecular weight excluding hydrogens is 226 g/mol. The lowest BCUT2D eigenvalue weighted by Crippen LogP contribution is -1.89. The van der Waals surface area contributed by atoms with Crippen molar-refractivity contribution in [3.8, 4) is 0 Å². The fraction of sp³-hybridized carbons (Fsp3) is 0.100. The summed E-state index contributed by atoms with van der Waals surface area (Å²) in [6.07, 6.45) is 3.70. The summed E-state index contributed by atoms with van der Waals surface area (Å²) in [7, 11) is 0. The van der Waals surface area contributed by atoms with Gasteiger partial charge in [0.1, 0.15) is 0 Å². The largest absolute Gasteiger partial charge is 0.353 e. The molecular formula is C10H7ClN5. The van der Waals surface area contributed by atoms with E-state index >= 15 is 0 Å². The second kappa shape index (κ2) is 3.61. The fourth-order valence-electron chi connectivity index (χ4n) is 1.65. The van der Waals surface area contributed by atoms with Crippen LogP contribution < -0.4 is 0 Å². The Bertz CT molecular complexity index is 613. The number of hydrogen-bond donors (Lipinski definition) is 2. The van der Waals surface area contributed by atoms with Gasteiger partial charge in [-0.25, -0.2) is 5.10 Å². The number of hydrogen-bond acceptors (Lipinski definition) is 3. The zero-order valence-electron chi connectivity index (χ0n) is 8.16. The number of benzene rings is 1. The Balaban J connectivity index is 2.04. The lowest BCUT2D eigenvalue weighted by Gasteiger charge is -1.95. The fourth-order valence-corrected chi connectivity index (χ4v) is 1.83. The topological polar surface area (TPSA) is 70.2 Å². The monoisotopic (exact) mass is 232 g/mol. The summed E-state index contributed by atoms with van der Waals surface area (Å²) in [5.74, 6) is 0.715. The highest BCUT2D eigenvalue weighted by atomic mass is 35.5. The van der Waals surface area contributed by atoms with Gasteiger partial charge in [-0.15, -0.1) is 5.10 Å². The number of halogens is 1. The predicted octanol–water partition coefficient (Wildman–Crippen LogP) is 1.73. The van der Waals surface area contributed by atoms with E-state index < -0.39 is 0 Å². The van der Waals surface area contributed by atoms with E-state index in [1.807, 2.05) is 18.2 Å². The molecule has 0 unspecified atom stereocenters. The van der Waals surface area contributed by atoms with Crippen LogP contribution in [-0.2, 0) is 6.42 Å². The van der Waals surface area contributed by atoms with Crippen molar-refractivity contribution in [2.75, 3.05) is 0 Å². The quantitative estimate of drug-likeness (QED) is 0.707. The zero-order valence-corrected chi connectivity index (χ0v) is 8.91. The van der Waals surface area contributed by atoms with Crippen LogP contribution in [0.1, 0.15) is 11.4 Å². The highest BCUT2D eigenvalue weighted by molar-refractivity contribution is 6.31. The van der Waals surface area contributed by atoms with Crippen molar-refractivity contribution in [1.29, 1.82) is 0 Å². The molecule has 3 aromatic rings. The first-order valence-corrected chi connectivity index (χ1v) is 5.11. The maximum Gasteiger partial charge on any atom is 0.152 e. The number of rotatable bonds is 2. The Morgan fingerprint density at radius 2 is 2.31 bits per heavy atom. The van der Waals surface area contributed by atoms with Crippen molar-refractivity contribution in [2.24, 2.45) is 0 Å². The molecule has 16 heavy (non-hydrogen) atoms. The molecule has 2 heterocycles. The lowest BCUT2D eigenvalue weighted by molar-refractivity contribution is 0.881. The third-order valence-corrected chi connectivity index (χ3v) is 2.62. The lowest BCUT2D eigenvalue weighted by atomic mass is 10.1. The van der Waals surface area contributed by atoms with Crippen LogP contribution in [-0.4, -0.2) is 25.6 Å². The number of H-pyrrole nitrogens is 2. The molecule has 0 bridgehead atoms. The minimum absolute atomic E-state index is 0.620. The smallest absolute Gasteiger partial charge is 0.152 e. The summed E-state index contributed by atoms with van der Waals surface area (Å²) in [5.41, 5.74) is 1.99. The van der Waals surface area contributed by atoms with Crippen molar-refractivity contribution in [1.82, 2.24) is 25.6 Å². The van der Waals surface area contributed by atoms with Crippen LogP contribution in [0.25, 0.3) is 10.9 Å². The van der Waals surface area contributed by atoms with Gasteiger partial charge in [0.2, 0.25) is 0 Å². The molecule has 0 aliphatic carbocycles. The molecule has 0 saturated carbocycles. The normalized spacial score (nSPS) is 11.1. The van der Waals surface area contributed by atoms with E-state index in [1.54, 1.807) is 0 Å². The van der Waals surface area contributed by atoms with Crippen LogP contribution in [0, 0.1) is 6.20 Å². The average molecular weight is 233 g/mol. The van der Waals surface area contributed by atoms with Gasteiger partial charge in [-0.1, -0.05) is 17.7 Å². The van der Waals surface area contributed by atoms with Crippen LogP contribution in [0.5, 0.6) is 0 Å². The molecule has 3 rings (SSSR count). The first kappa shape index (κ1) is 9.35. The molecule has 5 nitrogen and oxygen atoms in total. The Hall–Kier alpha value is -1.88. The van der Waals surface area contributed by atoms with E-state index in [-0.39, 0.29) is 0 Å². The molecule has 0 aliphatic rings. The predicted molar refractivity (Wildman–Crippen MR) is 59.1 cm³/mol. The SMILES string of the molecule is Clc1ccc2c(Cc3nnn[nH]3)[c][nH]c2c1. The maximum atomic E-state index is 5.90. The molecule has 0 amide bonds. The standard InChI is InChI=1S/C10H7ClN5/c11-7-1-2-8-6(5-12-9(8)4-7)3-10-13-15-16-14-10/h1-2,4,12H,3H2,(H,13,14,15,16). The number of aromatic nitrogens is 5. The van der Waals surface area contributed by atoms with Crippen molar-refractivity contribution in [3.05, 3.63) is 40.8 Å². The van der Waals surface area contributed by atoms with Crippen molar-refractivity contribution in [3.63, 3.8) is 0 Å². The second-order valence-corrected chi connectivity index (χ2v) is 3.88. The van der Waals surface area contributed by atoms with Crippen LogP contribution in [0.2, 0.25) is 5.02 Å². The summed E-state index contributed by atoms with van der Waals surface area (Å²) in [5, 5.41) is 15.4. The molecule has 6 heteroatoms. The molecule has 1 radical (unpaired) electrons. The molecule has 0 spiro atoms. The number of nitrogens with zero attached hydrogens (tertiary/aromatic N) is 3. The van der Waals surface area contributed by atoms with E-state index in [9.17, 15) is 0 Å². The first-order chi connectivity index (χ1) is 7.83. The van der Waals surface area contributed by atoms with Crippen LogP contribution >= 0.6 is 11.6 Å². The average Bonchev–Trinajstić information content (AvgIpc) is 2.89. The minimum Gasteiger partial charge on any atom is -0.353 e. The molecule has 2 N–H and O–H groups in total. The molecule has 0 saturated heterocycles. The van der Waals surface area contributed by atoms with Gasteiger partial charge in [0.05, 0.1) is 6.20 Å². The van der Waals surface area contributed by atoms with Gasteiger partial charge in [0.15, 0.2) is 5.82 Å². The summed E-state index contributed by atoms with van der Waals surface area (Å²) in [6, 6.07) is 5.69. The van der Waals surface area contributed by atoms with Gasteiger partial charge >= 0.3 is 0 Å². The van der Waals surface area contributed by atoms with E-state index in [2.05, 4.69) is 31.8 Å². The van der Waals surface area contributed by atoms with Gasteiger partial charge in [-0.05, 0) is 28.1 Å². The van der Waals surface area contributed by atoms with E-state index in [4.69, 9.17) is 11.6 Å². The summed E-state index contributed by atoms with van der Waals surface area (Å²) >= 11 is 5.90. The summed E-state index contributed by atoms with van der Waals surface area (Å²) in [6.45, 7) is 0. The number of aromatic amines is 2. The van der Waals surface area contributed by atoms with Gasteiger partial charge in [-0.2, -0.15) is 0 Å². The Morgan fingerprint density at radius 1 is 1.38 bits per heavy atom. The minimum atomic E-state index is 0.620. The van der Waals surface area contributed by atoms with Crippen LogP contribution in [0.3, 0.4) is 0 Å². The van der Waals surface area contributed by atoms with E-state index in [0.717, 1.165) is 16.5 Å². The number of tetrazole rings is 1. The number of nitrogens with one attached hydrogen (secondary N) is 2. The molecule has 1 aromatic carbocycles. The molecule has 79 valence electrons. The van der Waals surface area contributed by atoms with Gasteiger partial charge in [-0.3, -0.25) is 0 Å². The third kappa shape index (κ3) is 1.55. The van der Waals surface area contributed by atoms with Crippen LogP contribution in [0.4, 0.5) is 0 Å². The maximum absolute atomic E-state index is 5.90. The molecule has 0 aliphatic heterocycles. The Labute approximate surface area is 95.8 Å². The van der Waals surface area contributed by atoms with Crippen molar-refractivity contribution >= 4 is 22.5 Å². The van der Waals surface area contributed by atoms with Crippen LogP contribution in [0.15, 0.2) is 18.2 Å². The third-order valence-electron chi connectivity index (χ3n) is 2.39. The van der Waals surface area contributed by atoms with E-state index in [0.29, 0.717) is 17.3 Å². The number of fused-ring (bicyclic) bond motifs is 1. The summed E-state index contributed by atoms with van der Waals surface area (Å²) in [4.78, 5) is 3.05. The van der Waals surface area contributed by atoms with Gasteiger partial charge < -0.3 is 4.98 Å². The Morgan fingerprint density at radius 3 is 3.12 bits per heavy atom. The summed E-state index contributed by atoms with van der Waals surface area (Å²) < 4.78 is 0. The van der Waals surface area contributed by atoms with Gasteiger partial charge in [0, 0.05) is 22.3 Å². The molecule has 2 aromatic heterocycles. The second-order valence-electron chi connectivity index (χ2n) is 3.44. The molecule has 0 fully saturated rings. The van der Waals surface area contributed by atoms with Gasteiger partial charge in [0.25, 0.3) is 0 Å². The van der Waals surface area contributed by atoms with Crippen molar-refractivity contribution in [2.45, 2.75) is 6.42 Å². The first-order valence-electron chi connectivity index (χ1n) is 4.73. The highest BCUT2D eigenvalue weighted by Crippen LogP contribution is 2.22. The molecule has 0 atom stereocenters. The Kier molecular flexibility index (Phi) is 2.11. The van der Waals surface area contributed by atoms with Crippen molar-refractivity contribution < 1.29 is 0 Å². The highest BCUT2D eigenvalue weighted by Gasteiger charge is 2.07. The van der Waals surface area contributed by atoms with E-state index in [1.165, 1.54) is 0 Å².